The summed E-state index contributed by atoms with van der Waals surface area (Å²) >= 11 is 0. The van der Waals surface area contributed by atoms with Gasteiger partial charge < -0.3 is 5.73 Å². The lowest BCUT2D eigenvalue weighted by Crippen LogP contribution is -2.35. The molecule has 0 aromatic heterocycles. The number of primary amides is 1. The molecule has 0 bridgehead atoms. The van der Waals surface area contributed by atoms with E-state index in [1.165, 1.54) is 0 Å². The van der Waals surface area contributed by atoms with Crippen molar-refractivity contribution in [2.24, 2.45) is 5.73 Å². The Morgan fingerprint density at radius 3 is 2.23 bits per heavy atom. The molecule has 2 N–H and O–H groups in total. The van der Waals surface area contributed by atoms with Gasteiger partial charge in [-0.05, 0) is 6.42 Å². The number of nitrogens with two attached hydrogens (primary N) is 1. The van der Waals surface area contributed by atoms with Crippen LogP contribution in [0.3, 0.4) is 0 Å². The van der Waals surface area contributed by atoms with Gasteiger partial charge in [-0.15, -0.1) is 0 Å². The molecule has 0 aliphatic carbocycles. The first-order chi connectivity index (χ1) is 6.00. The fourth-order valence-corrected chi connectivity index (χ4v) is 1.07. The molecule has 0 saturated carbocycles. The van der Waals surface area contributed by atoms with Crippen molar-refractivity contribution < 1.29 is 13.6 Å². The molecule has 4 heteroatoms. The summed E-state index contributed by atoms with van der Waals surface area (Å²) in [5.74, 6) is -4.82. The van der Waals surface area contributed by atoms with Crippen LogP contribution in [-0.2, 0) is 4.79 Å². The molecule has 0 aromatic rings. The van der Waals surface area contributed by atoms with Crippen LogP contribution in [0.2, 0.25) is 0 Å². The van der Waals surface area contributed by atoms with E-state index in [1.54, 1.807) is 0 Å². The van der Waals surface area contributed by atoms with Crippen LogP contribution in [0.1, 0.15) is 45.4 Å². The maximum absolute atomic E-state index is 12.6. The summed E-state index contributed by atoms with van der Waals surface area (Å²) in [4.78, 5) is 10.2. The lowest BCUT2D eigenvalue weighted by Gasteiger charge is -2.11. The summed E-state index contributed by atoms with van der Waals surface area (Å²) in [6.07, 6.45) is 3.79. The van der Waals surface area contributed by atoms with Gasteiger partial charge >= 0.3 is 5.92 Å². The van der Waals surface area contributed by atoms with Crippen LogP contribution in [0.15, 0.2) is 0 Å². The third-order valence-corrected chi connectivity index (χ3v) is 1.95. The highest BCUT2D eigenvalue weighted by Gasteiger charge is 2.35. The zero-order valence-electron chi connectivity index (χ0n) is 7.98. The van der Waals surface area contributed by atoms with Crippen LogP contribution in [0.25, 0.3) is 0 Å². The Morgan fingerprint density at radius 2 is 1.77 bits per heavy atom. The minimum Gasteiger partial charge on any atom is -0.364 e. The van der Waals surface area contributed by atoms with E-state index in [0.29, 0.717) is 6.42 Å². The maximum Gasteiger partial charge on any atom is 0.324 e. The van der Waals surface area contributed by atoms with Crippen molar-refractivity contribution >= 4 is 5.91 Å². The lowest BCUT2D eigenvalue weighted by atomic mass is 10.1. The number of hydrogen-bond donors (Lipinski definition) is 1. The molecule has 0 saturated heterocycles. The number of unbranched alkanes of at least 4 members (excludes halogenated alkanes) is 4. The zero-order valence-corrected chi connectivity index (χ0v) is 7.98. The predicted molar refractivity (Wildman–Crippen MR) is 47.5 cm³/mol. The Balaban J connectivity index is 3.46. The molecule has 0 aromatic carbocycles. The van der Waals surface area contributed by atoms with E-state index in [1.807, 2.05) is 0 Å². The van der Waals surface area contributed by atoms with E-state index in [0.717, 1.165) is 25.7 Å². The van der Waals surface area contributed by atoms with Gasteiger partial charge in [0.25, 0.3) is 5.91 Å². The molecule has 0 rings (SSSR count). The molecular weight excluding hydrogens is 176 g/mol. The monoisotopic (exact) mass is 193 g/mol. The van der Waals surface area contributed by atoms with Crippen molar-refractivity contribution in [3.8, 4) is 0 Å². The molecular formula is C9H17F2NO. The normalized spacial score (nSPS) is 11.6. The minimum atomic E-state index is -3.31. The molecule has 0 atom stereocenters. The maximum atomic E-state index is 12.6. The largest absolute Gasteiger partial charge is 0.364 e. The minimum absolute atomic E-state index is 0.371. The quantitative estimate of drug-likeness (QED) is 0.620. The molecule has 0 aliphatic heterocycles. The summed E-state index contributed by atoms with van der Waals surface area (Å²) in [6.45, 7) is 2.05. The fraction of sp³-hybridized carbons (Fsp3) is 0.889. The van der Waals surface area contributed by atoms with Crippen LogP contribution in [-0.4, -0.2) is 11.8 Å². The van der Waals surface area contributed by atoms with Crippen molar-refractivity contribution in [3.63, 3.8) is 0 Å². The van der Waals surface area contributed by atoms with E-state index in [-0.39, 0.29) is 0 Å². The first kappa shape index (κ1) is 12.3. The fourth-order valence-electron chi connectivity index (χ4n) is 1.07. The Hall–Kier alpha value is -0.670. The second kappa shape index (κ2) is 5.89. The van der Waals surface area contributed by atoms with Crippen molar-refractivity contribution in [2.75, 3.05) is 0 Å². The summed E-state index contributed by atoms with van der Waals surface area (Å²) < 4.78 is 25.2. The second-order valence-electron chi connectivity index (χ2n) is 3.23. The third kappa shape index (κ3) is 5.55. The van der Waals surface area contributed by atoms with E-state index in [4.69, 9.17) is 0 Å². The highest BCUT2D eigenvalue weighted by Crippen LogP contribution is 2.21. The highest BCUT2D eigenvalue weighted by atomic mass is 19.3. The van der Waals surface area contributed by atoms with Gasteiger partial charge in [-0.25, -0.2) is 0 Å². The van der Waals surface area contributed by atoms with Crippen molar-refractivity contribution in [2.45, 2.75) is 51.4 Å². The first-order valence-electron chi connectivity index (χ1n) is 4.68. The van der Waals surface area contributed by atoms with Gasteiger partial charge in [-0.1, -0.05) is 32.6 Å². The molecule has 0 heterocycles. The number of carbonyl (C=O) groups is 1. The Morgan fingerprint density at radius 1 is 1.23 bits per heavy atom. The summed E-state index contributed by atoms with van der Waals surface area (Å²) in [6, 6.07) is 0. The zero-order chi connectivity index (χ0) is 10.3. The van der Waals surface area contributed by atoms with Crippen LogP contribution in [0.5, 0.6) is 0 Å². The van der Waals surface area contributed by atoms with Gasteiger partial charge in [0.2, 0.25) is 0 Å². The first-order valence-corrected chi connectivity index (χ1v) is 4.68. The van der Waals surface area contributed by atoms with E-state index >= 15 is 0 Å². The molecule has 0 radical (unpaired) electrons. The van der Waals surface area contributed by atoms with Crippen molar-refractivity contribution in [1.82, 2.24) is 0 Å². The molecule has 0 unspecified atom stereocenters. The summed E-state index contributed by atoms with van der Waals surface area (Å²) in [7, 11) is 0. The Labute approximate surface area is 77.5 Å². The SMILES string of the molecule is CCCCCCCC(F)(F)C(N)=O. The average molecular weight is 193 g/mol. The van der Waals surface area contributed by atoms with Gasteiger partial charge in [0, 0.05) is 6.42 Å². The van der Waals surface area contributed by atoms with Gasteiger partial charge in [-0.3, -0.25) is 4.79 Å². The highest BCUT2D eigenvalue weighted by molar-refractivity contribution is 5.81. The van der Waals surface area contributed by atoms with Gasteiger partial charge in [0.1, 0.15) is 0 Å². The topological polar surface area (TPSA) is 43.1 Å². The second-order valence-corrected chi connectivity index (χ2v) is 3.23. The van der Waals surface area contributed by atoms with E-state index in [2.05, 4.69) is 12.7 Å². The average Bonchev–Trinajstić information content (AvgIpc) is 2.03. The van der Waals surface area contributed by atoms with Gasteiger partial charge in [-0.2, -0.15) is 8.78 Å². The van der Waals surface area contributed by atoms with Crippen molar-refractivity contribution in [3.05, 3.63) is 0 Å². The number of alkyl halides is 2. The van der Waals surface area contributed by atoms with Gasteiger partial charge in [0.15, 0.2) is 0 Å². The predicted octanol–water partition coefficient (Wildman–Crippen LogP) is 2.47. The Kier molecular flexibility index (Phi) is 5.58. The molecule has 0 aliphatic rings. The Bertz CT molecular complexity index is 160. The van der Waals surface area contributed by atoms with E-state index < -0.39 is 18.3 Å². The summed E-state index contributed by atoms with van der Waals surface area (Å²) in [5, 5.41) is 0. The molecule has 1 amide bonds. The number of amides is 1. The van der Waals surface area contributed by atoms with E-state index in [9.17, 15) is 13.6 Å². The van der Waals surface area contributed by atoms with Crippen LogP contribution in [0.4, 0.5) is 8.78 Å². The van der Waals surface area contributed by atoms with Crippen LogP contribution >= 0.6 is 0 Å². The summed E-state index contributed by atoms with van der Waals surface area (Å²) in [5.41, 5.74) is 4.52. The third-order valence-electron chi connectivity index (χ3n) is 1.95. The molecule has 0 spiro atoms. The van der Waals surface area contributed by atoms with Crippen LogP contribution < -0.4 is 5.73 Å². The lowest BCUT2D eigenvalue weighted by molar-refractivity contribution is -0.142. The van der Waals surface area contributed by atoms with Crippen LogP contribution in [0, 0.1) is 0 Å². The molecule has 0 fully saturated rings. The number of rotatable bonds is 7. The number of carbonyl (C=O) groups excluding carboxylic acids is 1. The number of halogens is 2. The standard InChI is InChI=1S/C9H17F2NO/c1-2-3-4-5-6-7-9(10,11)8(12)13/h2-7H2,1H3,(H2,12,13). The smallest absolute Gasteiger partial charge is 0.324 e. The molecule has 13 heavy (non-hydrogen) atoms. The van der Waals surface area contributed by atoms with Gasteiger partial charge in [0.05, 0.1) is 0 Å². The van der Waals surface area contributed by atoms with Crippen molar-refractivity contribution in [1.29, 1.82) is 0 Å². The number of hydrogen-bond acceptors (Lipinski definition) is 1. The molecule has 78 valence electrons. The molecule has 2 nitrogen and oxygen atoms in total.